The average molecular weight is 313 g/mol. The summed E-state index contributed by atoms with van der Waals surface area (Å²) in [5, 5.41) is 6.07. The predicted molar refractivity (Wildman–Crippen MR) is 92.6 cm³/mol. The second kappa shape index (κ2) is 9.58. The highest BCUT2D eigenvalue weighted by molar-refractivity contribution is 5.89. The van der Waals surface area contributed by atoms with Crippen molar-refractivity contribution < 1.29 is 9.53 Å². The number of hydrogen-bond acceptors (Lipinski definition) is 4. The third kappa shape index (κ3) is 6.48. The SMILES string of the molecule is COCCCNc1ccc(NC(=O)CCc2ccccc2)nc1. The molecule has 0 atom stereocenters. The molecule has 1 amide bonds. The first kappa shape index (κ1) is 17.0. The molecule has 0 saturated carbocycles. The van der Waals surface area contributed by atoms with Gasteiger partial charge in [0.25, 0.3) is 0 Å². The zero-order chi connectivity index (χ0) is 16.3. The van der Waals surface area contributed by atoms with Crippen LogP contribution in [0.5, 0.6) is 0 Å². The molecule has 0 spiro atoms. The molecule has 122 valence electrons. The Bertz CT molecular complexity index is 585. The first-order chi connectivity index (χ1) is 11.3. The Morgan fingerprint density at radius 3 is 2.70 bits per heavy atom. The zero-order valence-electron chi connectivity index (χ0n) is 13.4. The monoisotopic (exact) mass is 313 g/mol. The maximum atomic E-state index is 11.9. The number of anilines is 2. The molecule has 0 saturated heterocycles. The second-order valence-electron chi connectivity index (χ2n) is 5.24. The van der Waals surface area contributed by atoms with Crippen molar-refractivity contribution in [2.24, 2.45) is 0 Å². The first-order valence-corrected chi connectivity index (χ1v) is 7.80. The maximum Gasteiger partial charge on any atom is 0.225 e. The summed E-state index contributed by atoms with van der Waals surface area (Å²) in [5.41, 5.74) is 2.09. The van der Waals surface area contributed by atoms with Gasteiger partial charge in [0.15, 0.2) is 0 Å². The highest BCUT2D eigenvalue weighted by atomic mass is 16.5. The minimum Gasteiger partial charge on any atom is -0.385 e. The molecule has 2 rings (SSSR count). The molecule has 2 N–H and O–H groups in total. The molecule has 1 aromatic heterocycles. The minimum absolute atomic E-state index is 0.0258. The quantitative estimate of drug-likeness (QED) is 0.698. The Morgan fingerprint density at radius 2 is 2.00 bits per heavy atom. The van der Waals surface area contributed by atoms with E-state index in [1.165, 1.54) is 0 Å². The summed E-state index contributed by atoms with van der Waals surface area (Å²) in [6.07, 6.45) is 3.84. The number of benzene rings is 1. The number of aromatic nitrogens is 1. The van der Waals surface area contributed by atoms with Crippen molar-refractivity contribution in [1.29, 1.82) is 0 Å². The van der Waals surface area contributed by atoms with Crippen molar-refractivity contribution in [2.75, 3.05) is 30.9 Å². The fourth-order valence-electron chi connectivity index (χ4n) is 2.13. The highest BCUT2D eigenvalue weighted by Gasteiger charge is 2.04. The summed E-state index contributed by atoms with van der Waals surface area (Å²) >= 11 is 0. The van der Waals surface area contributed by atoms with E-state index in [0.29, 0.717) is 12.2 Å². The van der Waals surface area contributed by atoms with Crippen molar-refractivity contribution in [3.8, 4) is 0 Å². The van der Waals surface area contributed by atoms with Crippen LogP contribution >= 0.6 is 0 Å². The first-order valence-electron chi connectivity index (χ1n) is 7.80. The van der Waals surface area contributed by atoms with Gasteiger partial charge in [-0.15, -0.1) is 0 Å². The van der Waals surface area contributed by atoms with E-state index >= 15 is 0 Å². The number of carbonyl (C=O) groups is 1. The van der Waals surface area contributed by atoms with Crippen molar-refractivity contribution in [1.82, 2.24) is 4.98 Å². The molecule has 0 bridgehead atoms. The number of aryl methyl sites for hydroxylation is 1. The number of methoxy groups -OCH3 is 1. The molecule has 1 aromatic carbocycles. The molecule has 1 heterocycles. The molecule has 23 heavy (non-hydrogen) atoms. The Balaban J connectivity index is 1.73. The summed E-state index contributed by atoms with van der Waals surface area (Å²) in [7, 11) is 1.69. The van der Waals surface area contributed by atoms with Gasteiger partial charge in [0.05, 0.1) is 11.9 Å². The normalized spacial score (nSPS) is 10.3. The second-order valence-corrected chi connectivity index (χ2v) is 5.24. The van der Waals surface area contributed by atoms with Gasteiger partial charge in [-0.25, -0.2) is 4.98 Å². The number of pyridine rings is 1. The standard InChI is InChI=1S/C18H23N3O2/c1-23-13-5-12-19-16-9-10-17(20-14-16)21-18(22)11-8-15-6-3-2-4-7-15/h2-4,6-7,9-10,14,19H,5,8,11-13H2,1H3,(H,20,21,22). The Kier molecular flexibility index (Phi) is 7.07. The minimum atomic E-state index is -0.0258. The van der Waals surface area contributed by atoms with Gasteiger partial charge >= 0.3 is 0 Å². The van der Waals surface area contributed by atoms with Crippen molar-refractivity contribution in [3.63, 3.8) is 0 Å². The van der Waals surface area contributed by atoms with Crippen LogP contribution in [0.3, 0.4) is 0 Å². The molecular weight excluding hydrogens is 290 g/mol. The number of amides is 1. The largest absolute Gasteiger partial charge is 0.385 e. The molecular formula is C18H23N3O2. The molecule has 0 aliphatic carbocycles. The number of rotatable bonds is 9. The van der Waals surface area contributed by atoms with E-state index in [1.54, 1.807) is 19.4 Å². The van der Waals surface area contributed by atoms with Gasteiger partial charge < -0.3 is 15.4 Å². The zero-order valence-corrected chi connectivity index (χ0v) is 13.4. The van der Waals surface area contributed by atoms with E-state index in [2.05, 4.69) is 15.6 Å². The van der Waals surface area contributed by atoms with Crippen LogP contribution < -0.4 is 10.6 Å². The Labute approximate surface area is 137 Å². The van der Waals surface area contributed by atoms with Crippen LogP contribution in [0.2, 0.25) is 0 Å². The van der Waals surface area contributed by atoms with E-state index in [4.69, 9.17) is 4.74 Å². The molecule has 0 aliphatic rings. The summed E-state index contributed by atoms with van der Waals surface area (Å²) in [6, 6.07) is 13.7. The summed E-state index contributed by atoms with van der Waals surface area (Å²) in [6.45, 7) is 1.56. The summed E-state index contributed by atoms with van der Waals surface area (Å²) in [5.74, 6) is 0.549. The summed E-state index contributed by atoms with van der Waals surface area (Å²) in [4.78, 5) is 16.2. The lowest BCUT2D eigenvalue weighted by Crippen LogP contribution is -2.13. The van der Waals surface area contributed by atoms with Gasteiger partial charge in [-0.1, -0.05) is 30.3 Å². The smallest absolute Gasteiger partial charge is 0.225 e. The topological polar surface area (TPSA) is 63.2 Å². The van der Waals surface area contributed by atoms with E-state index in [9.17, 15) is 4.79 Å². The van der Waals surface area contributed by atoms with Crippen LogP contribution in [0.15, 0.2) is 48.7 Å². The number of carbonyl (C=O) groups excluding carboxylic acids is 1. The van der Waals surface area contributed by atoms with Crippen molar-refractivity contribution in [3.05, 3.63) is 54.2 Å². The van der Waals surface area contributed by atoms with Crippen LogP contribution in [-0.2, 0) is 16.0 Å². The van der Waals surface area contributed by atoms with Crippen molar-refractivity contribution in [2.45, 2.75) is 19.3 Å². The summed E-state index contributed by atoms with van der Waals surface area (Å²) < 4.78 is 4.99. The molecule has 5 nitrogen and oxygen atoms in total. The number of nitrogens with one attached hydrogen (secondary N) is 2. The number of nitrogens with zero attached hydrogens (tertiary/aromatic N) is 1. The maximum absolute atomic E-state index is 11.9. The van der Waals surface area contributed by atoms with Crippen LogP contribution in [-0.4, -0.2) is 31.2 Å². The van der Waals surface area contributed by atoms with Gasteiger partial charge in [0, 0.05) is 26.7 Å². The van der Waals surface area contributed by atoms with Crippen LogP contribution in [0, 0.1) is 0 Å². The van der Waals surface area contributed by atoms with Gasteiger partial charge in [-0.2, -0.15) is 0 Å². The molecule has 0 fully saturated rings. The van der Waals surface area contributed by atoms with Gasteiger partial charge in [-0.05, 0) is 30.5 Å². The lowest BCUT2D eigenvalue weighted by Gasteiger charge is -2.08. The number of ether oxygens (including phenoxy) is 1. The van der Waals surface area contributed by atoms with Crippen molar-refractivity contribution >= 4 is 17.4 Å². The molecule has 5 heteroatoms. The fourth-order valence-corrected chi connectivity index (χ4v) is 2.13. The molecule has 0 aliphatic heterocycles. The third-order valence-electron chi connectivity index (χ3n) is 3.37. The van der Waals surface area contributed by atoms with Gasteiger partial charge in [0.2, 0.25) is 5.91 Å². The molecule has 2 aromatic rings. The van der Waals surface area contributed by atoms with Gasteiger partial charge in [-0.3, -0.25) is 4.79 Å². The molecule has 0 radical (unpaired) electrons. The lowest BCUT2D eigenvalue weighted by atomic mass is 10.1. The predicted octanol–water partition coefficient (Wildman–Crippen LogP) is 3.10. The van der Waals surface area contributed by atoms with E-state index in [1.807, 2.05) is 36.4 Å². The third-order valence-corrected chi connectivity index (χ3v) is 3.37. The van der Waals surface area contributed by atoms with Crippen LogP contribution in [0.1, 0.15) is 18.4 Å². The number of hydrogen-bond donors (Lipinski definition) is 2. The highest BCUT2D eigenvalue weighted by Crippen LogP contribution is 2.10. The van der Waals surface area contributed by atoms with E-state index < -0.39 is 0 Å². The lowest BCUT2D eigenvalue weighted by molar-refractivity contribution is -0.116. The Morgan fingerprint density at radius 1 is 1.17 bits per heavy atom. The van der Waals surface area contributed by atoms with E-state index in [0.717, 1.165) is 37.2 Å². The fraction of sp³-hybridized carbons (Fsp3) is 0.333. The van der Waals surface area contributed by atoms with Gasteiger partial charge in [0.1, 0.15) is 5.82 Å². The molecule has 0 unspecified atom stereocenters. The van der Waals surface area contributed by atoms with Crippen LogP contribution in [0.4, 0.5) is 11.5 Å². The van der Waals surface area contributed by atoms with E-state index in [-0.39, 0.29) is 5.91 Å². The van der Waals surface area contributed by atoms with Crippen LogP contribution in [0.25, 0.3) is 0 Å². The Hall–Kier alpha value is -2.40. The average Bonchev–Trinajstić information content (AvgIpc) is 2.59.